The van der Waals surface area contributed by atoms with Gasteiger partial charge in [-0.15, -0.1) is 0 Å². The van der Waals surface area contributed by atoms with Crippen LogP contribution in [0.1, 0.15) is 12.8 Å². The Labute approximate surface area is 123 Å². The van der Waals surface area contributed by atoms with Crippen molar-refractivity contribution in [2.45, 2.75) is 12.8 Å². The summed E-state index contributed by atoms with van der Waals surface area (Å²) in [6.07, 6.45) is 2.12. The molecule has 114 valence electrons. The number of anilines is 1. The van der Waals surface area contributed by atoms with Crippen LogP contribution in [-0.2, 0) is 4.79 Å². The number of nitrogens with zero attached hydrogens (tertiary/aromatic N) is 1. The van der Waals surface area contributed by atoms with Crippen LogP contribution in [0.3, 0.4) is 0 Å². The van der Waals surface area contributed by atoms with Crippen molar-refractivity contribution in [1.29, 1.82) is 0 Å². The van der Waals surface area contributed by atoms with E-state index in [1.54, 1.807) is 18.2 Å². The molecule has 1 heterocycles. The first-order valence-electron chi connectivity index (χ1n) is 7.11. The summed E-state index contributed by atoms with van der Waals surface area (Å²) in [6.45, 7) is 2.75. The molecule has 0 spiro atoms. The highest BCUT2D eigenvalue weighted by Crippen LogP contribution is 2.22. The van der Waals surface area contributed by atoms with Crippen molar-refractivity contribution in [3.8, 4) is 0 Å². The Balaban J connectivity index is 1.72. The molecule has 1 saturated heterocycles. The molecular formula is C14H20N4O3. The van der Waals surface area contributed by atoms with Crippen LogP contribution in [0.5, 0.6) is 0 Å². The van der Waals surface area contributed by atoms with E-state index in [1.165, 1.54) is 6.07 Å². The van der Waals surface area contributed by atoms with Crippen LogP contribution in [0.15, 0.2) is 24.3 Å². The zero-order valence-corrected chi connectivity index (χ0v) is 11.8. The Morgan fingerprint density at radius 3 is 2.95 bits per heavy atom. The average molecular weight is 292 g/mol. The van der Waals surface area contributed by atoms with Crippen LogP contribution < -0.4 is 16.0 Å². The smallest absolute Gasteiger partial charge is 0.292 e. The molecule has 1 unspecified atom stereocenters. The molecule has 3 N–H and O–H groups in total. The number of nitrogens with one attached hydrogen (secondary N) is 3. The maximum absolute atomic E-state index is 11.7. The summed E-state index contributed by atoms with van der Waals surface area (Å²) < 4.78 is 0. The van der Waals surface area contributed by atoms with Crippen molar-refractivity contribution >= 4 is 17.3 Å². The third-order valence-electron chi connectivity index (χ3n) is 3.58. The number of nitro groups is 1. The maximum atomic E-state index is 11.7. The van der Waals surface area contributed by atoms with Gasteiger partial charge in [0.25, 0.3) is 5.69 Å². The summed E-state index contributed by atoms with van der Waals surface area (Å²) in [7, 11) is 0. The van der Waals surface area contributed by atoms with Crippen LogP contribution in [-0.4, -0.2) is 37.0 Å². The number of rotatable bonds is 7. The van der Waals surface area contributed by atoms with E-state index < -0.39 is 4.92 Å². The van der Waals surface area contributed by atoms with Gasteiger partial charge in [0.15, 0.2) is 0 Å². The van der Waals surface area contributed by atoms with E-state index in [1.807, 2.05) is 0 Å². The lowest BCUT2D eigenvalue weighted by molar-refractivity contribution is -0.383. The zero-order chi connectivity index (χ0) is 15.1. The molecule has 7 heteroatoms. The molecule has 1 aliphatic rings. The summed E-state index contributed by atoms with van der Waals surface area (Å²) >= 11 is 0. The fraction of sp³-hybridized carbons (Fsp3) is 0.500. The predicted octanol–water partition coefficient (Wildman–Crippen LogP) is 1.12. The van der Waals surface area contributed by atoms with Crippen LogP contribution in [0.25, 0.3) is 0 Å². The van der Waals surface area contributed by atoms with Gasteiger partial charge in [-0.05, 0) is 37.9 Å². The summed E-state index contributed by atoms with van der Waals surface area (Å²) in [6, 6.07) is 6.29. The first-order valence-corrected chi connectivity index (χ1v) is 7.11. The monoisotopic (exact) mass is 292 g/mol. The molecule has 2 rings (SSSR count). The topological polar surface area (TPSA) is 96.3 Å². The van der Waals surface area contributed by atoms with E-state index in [4.69, 9.17) is 0 Å². The van der Waals surface area contributed by atoms with E-state index in [2.05, 4.69) is 16.0 Å². The van der Waals surface area contributed by atoms with Gasteiger partial charge in [0.2, 0.25) is 5.91 Å². The van der Waals surface area contributed by atoms with Gasteiger partial charge in [-0.1, -0.05) is 12.1 Å². The lowest BCUT2D eigenvalue weighted by atomic mass is 10.1. The molecule has 1 aliphatic heterocycles. The number of amides is 1. The number of carbonyl (C=O) groups is 1. The van der Waals surface area contributed by atoms with E-state index in [9.17, 15) is 14.9 Å². The van der Waals surface area contributed by atoms with Crippen molar-refractivity contribution < 1.29 is 9.72 Å². The highest BCUT2D eigenvalue weighted by molar-refractivity contribution is 5.81. The van der Waals surface area contributed by atoms with Gasteiger partial charge in [-0.2, -0.15) is 0 Å². The third kappa shape index (κ3) is 4.71. The minimum atomic E-state index is -0.465. The first kappa shape index (κ1) is 15.2. The second-order valence-corrected chi connectivity index (χ2v) is 5.13. The first-order chi connectivity index (χ1) is 10.2. The molecule has 1 amide bonds. The second-order valence-electron chi connectivity index (χ2n) is 5.13. The molecule has 0 bridgehead atoms. The van der Waals surface area contributed by atoms with Crippen LogP contribution in [0, 0.1) is 16.0 Å². The standard InChI is InChI=1S/C14H20N4O3/c19-14(16-8-6-11-5-7-15-9-11)10-17-12-3-1-2-4-13(12)18(20)21/h1-4,11,15,17H,5-10H2,(H,16,19). The van der Waals surface area contributed by atoms with Crippen LogP contribution >= 0.6 is 0 Å². The molecule has 0 aliphatic carbocycles. The second kappa shape index (κ2) is 7.58. The van der Waals surface area contributed by atoms with E-state index in [-0.39, 0.29) is 18.1 Å². The van der Waals surface area contributed by atoms with Gasteiger partial charge >= 0.3 is 0 Å². The summed E-state index contributed by atoms with van der Waals surface area (Å²) in [4.78, 5) is 22.1. The van der Waals surface area contributed by atoms with Crippen molar-refractivity contribution in [3.63, 3.8) is 0 Å². The lowest BCUT2D eigenvalue weighted by Crippen LogP contribution is -2.31. The number of hydrogen-bond donors (Lipinski definition) is 3. The van der Waals surface area contributed by atoms with Gasteiger partial charge in [-0.25, -0.2) is 0 Å². The van der Waals surface area contributed by atoms with Gasteiger partial charge in [0, 0.05) is 12.6 Å². The van der Waals surface area contributed by atoms with E-state index >= 15 is 0 Å². The normalized spacial score (nSPS) is 17.4. The van der Waals surface area contributed by atoms with Gasteiger partial charge in [0.1, 0.15) is 5.69 Å². The summed E-state index contributed by atoms with van der Waals surface area (Å²) in [5, 5.41) is 19.8. The lowest BCUT2D eigenvalue weighted by Gasteiger charge is -2.10. The summed E-state index contributed by atoms with van der Waals surface area (Å²) in [5.41, 5.74) is 0.333. The van der Waals surface area contributed by atoms with Gasteiger partial charge in [0.05, 0.1) is 11.5 Å². The molecule has 1 fully saturated rings. The molecule has 1 aromatic carbocycles. The Kier molecular flexibility index (Phi) is 5.51. The Bertz CT molecular complexity index is 501. The molecule has 1 aromatic rings. The molecule has 21 heavy (non-hydrogen) atoms. The SMILES string of the molecule is O=C(CNc1ccccc1[N+](=O)[O-])NCCC1CCNC1. The zero-order valence-electron chi connectivity index (χ0n) is 11.8. The van der Waals surface area contributed by atoms with E-state index in [0.717, 1.165) is 25.9 Å². The number of benzene rings is 1. The maximum Gasteiger partial charge on any atom is 0.292 e. The highest BCUT2D eigenvalue weighted by Gasteiger charge is 2.15. The number of hydrogen-bond acceptors (Lipinski definition) is 5. The van der Waals surface area contributed by atoms with Crippen molar-refractivity contribution in [2.75, 3.05) is 31.5 Å². The molecular weight excluding hydrogens is 272 g/mol. The van der Waals surface area contributed by atoms with Gasteiger partial charge in [-0.3, -0.25) is 14.9 Å². The van der Waals surface area contributed by atoms with Gasteiger partial charge < -0.3 is 16.0 Å². The van der Waals surface area contributed by atoms with Crippen molar-refractivity contribution in [3.05, 3.63) is 34.4 Å². The van der Waals surface area contributed by atoms with Crippen LogP contribution in [0.4, 0.5) is 11.4 Å². The molecule has 0 radical (unpaired) electrons. The Hall–Kier alpha value is -2.15. The fourth-order valence-corrected chi connectivity index (χ4v) is 2.40. The summed E-state index contributed by atoms with van der Waals surface area (Å²) in [5.74, 6) is 0.479. The number of carbonyl (C=O) groups excluding carboxylic acids is 1. The largest absolute Gasteiger partial charge is 0.371 e. The minimum absolute atomic E-state index is 0.0256. The Morgan fingerprint density at radius 2 is 2.24 bits per heavy atom. The van der Waals surface area contributed by atoms with Crippen molar-refractivity contribution in [2.24, 2.45) is 5.92 Å². The molecule has 0 saturated carbocycles. The predicted molar refractivity (Wildman–Crippen MR) is 80.2 cm³/mol. The molecule has 1 atom stereocenters. The van der Waals surface area contributed by atoms with Crippen LogP contribution in [0.2, 0.25) is 0 Å². The average Bonchev–Trinajstić information content (AvgIpc) is 2.98. The minimum Gasteiger partial charge on any atom is -0.371 e. The van der Waals surface area contributed by atoms with E-state index in [0.29, 0.717) is 18.2 Å². The Morgan fingerprint density at radius 1 is 1.43 bits per heavy atom. The highest BCUT2D eigenvalue weighted by atomic mass is 16.6. The molecule has 7 nitrogen and oxygen atoms in total. The van der Waals surface area contributed by atoms with Crippen molar-refractivity contribution in [1.82, 2.24) is 10.6 Å². The number of nitro benzene ring substituents is 1. The fourth-order valence-electron chi connectivity index (χ4n) is 2.40. The quantitative estimate of drug-likeness (QED) is 0.517. The molecule has 0 aromatic heterocycles. The third-order valence-corrected chi connectivity index (χ3v) is 3.58. The number of para-hydroxylation sites is 2.